The zero-order chi connectivity index (χ0) is 12.7. The topological polar surface area (TPSA) is 71.5 Å². The van der Waals surface area contributed by atoms with Crippen LogP contribution in [0.5, 0.6) is 0 Å². The summed E-state index contributed by atoms with van der Waals surface area (Å²) in [7, 11) is 1.79. The lowest BCUT2D eigenvalue weighted by Gasteiger charge is -2.34. The molecule has 0 aliphatic carbocycles. The van der Waals surface area contributed by atoms with E-state index in [1.165, 1.54) is 4.90 Å². The van der Waals surface area contributed by atoms with Crippen molar-refractivity contribution in [1.82, 2.24) is 9.91 Å². The lowest BCUT2D eigenvalue weighted by atomic mass is 10.0. The number of nitrogens with one attached hydrogen (secondary N) is 1. The van der Waals surface area contributed by atoms with E-state index >= 15 is 0 Å². The van der Waals surface area contributed by atoms with Crippen LogP contribution in [0, 0.1) is 5.92 Å². The molecule has 0 aromatic heterocycles. The lowest BCUT2D eigenvalue weighted by molar-refractivity contribution is -0.966. The summed E-state index contributed by atoms with van der Waals surface area (Å²) in [5.74, 6) is 0.433. The van der Waals surface area contributed by atoms with Gasteiger partial charge in [-0.3, -0.25) is 9.59 Å². The molecule has 0 saturated carbocycles. The van der Waals surface area contributed by atoms with Gasteiger partial charge in [0.25, 0.3) is 5.91 Å². The largest absolute Gasteiger partial charge is 0.377 e. The van der Waals surface area contributed by atoms with E-state index in [4.69, 9.17) is 0 Å². The third-order valence-corrected chi connectivity index (χ3v) is 4.39. The van der Waals surface area contributed by atoms with Crippen LogP contribution in [-0.2, 0) is 9.59 Å². The molecule has 2 amide bonds. The van der Waals surface area contributed by atoms with E-state index in [0.717, 1.165) is 17.1 Å². The normalized spacial score (nSPS) is 30.6. The van der Waals surface area contributed by atoms with Gasteiger partial charge < -0.3 is 10.6 Å². The fraction of sp³-hybridized carbons (Fsp3) is 0.500. The number of hydrogen-bond donors (Lipinski definition) is 1. The summed E-state index contributed by atoms with van der Waals surface area (Å²) in [5, 5.41) is 6.07. The Hall–Kier alpha value is -1.54. The van der Waals surface area contributed by atoms with Gasteiger partial charge in [-0.05, 0) is 12.2 Å². The number of thioether (sulfide) groups is 1. The maximum Gasteiger partial charge on any atom is 0.258 e. The second kappa shape index (κ2) is 4.29. The molecule has 3 rings (SSSR count). The average molecular weight is 267 g/mol. The average Bonchev–Trinajstić information content (AvgIpc) is 2.94. The van der Waals surface area contributed by atoms with Crippen molar-refractivity contribution in [3.05, 3.63) is 16.5 Å². The Morgan fingerprint density at radius 3 is 3.17 bits per heavy atom. The van der Waals surface area contributed by atoms with E-state index in [2.05, 4.69) is 10.6 Å². The SMILES string of the molecule is CN1C=N[N-][NH+]1CN1C(=O)C=C2SCCC2C1=O. The number of rotatable bonds is 2. The number of fused-ring (bicyclic) bond motifs is 1. The van der Waals surface area contributed by atoms with Crippen molar-refractivity contribution >= 4 is 29.9 Å². The number of hydrogen-bond acceptors (Lipinski definition) is 5. The van der Waals surface area contributed by atoms with Gasteiger partial charge in [0, 0.05) is 11.0 Å². The molecule has 18 heavy (non-hydrogen) atoms. The number of carbonyl (C=O) groups is 2. The molecule has 0 spiro atoms. The molecule has 0 aromatic rings. The second-order valence-corrected chi connectivity index (χ2v) is 5.53. The molecular weight excluding hydrogens is 254 g/mol. The monoisotopic (exact) mass is 267 g/mol. The van der Waals surface area contributed by atoms with Crippen LogP contribution in [0.4, 0.5) is 0 Å². The van der Waals surface area contributed by atoms with Gasteiger partial charge in [0.2, 0.25) is 5.91 Å². The summed E-state index contributed by atoms with van der Waals surface area (Å²) in [5.41, 5.74) is 3.91. The first-order valence-electron chi connectivity index (χ1n) is 5.69. The van der Waals surface area contributed by atoms with Crippen LogP contribution in [0.25, 0.3) is 5.53 Å². The van der Waals surface area contributed by atoms with Gasteiger partial charge in [0.15, 0.2) is 6.67 Å². The van der Waals surface area contributed by atoms with Crippen molar-refractivity contribution in [2.75, 3.05) is 19.5 Å². The van der Waals surface area contributed by atoms with E-state index in [1.54, 1.807) is 36.2 Å². The van der Waals surface area contributed by atoms with Crippen molar-refractivity contribution in [3.8, 4) is 0 Å². The zero-order valence-corrected chi connectivity index (χ0v) is 10.7. The van der Waals surface area contributed by atoms with E-state index in [0.29, 0.717) is 5.12 Å². The zero-order valence-electron chi connectivity index (χ0n) is 9.87. The van der Waals surface area contributed by atoms with Gasteiger partial charge in [-0.15, -0.1) is 11.8 Å². The van der Waals surface area contributed by atoms with Gasteiger partial charge in [0.05, 0.1) is 13.0 Å². The molecule has 0 aromatic carbocycles. The van der Waals surface area contributed by atoms with Crippen LogP contribution < -0.4 is 5.12 Å². The minimum absolute atomic E-state index is 0.106. The highest BCUT2D eigenvalue weighted by Crippen LogP contribution is 2.39. The summed E-state index contributed by atoms with van der Waals surface area (Å²) in [6, 6.07) is 0. The molecule has 7 nitrogen and oxygen atoms in total. The quantitative estimate of drug-likeness (QED) is 0.647. The van der Waals surface area contributed by atoms with E-state index in [-0.39, 0.29) is 24.4 Å². The van der Waals surface area contributed by atoms with Crippen LogP contribution in [0.1, 0.15) is 6.42 Å². The predicted molar refractivity (Wildman–Crippen MR) is 65.9 cm³/mol. The molecule has 0 radical (unpaired) electrons. The van der Waals surface area contributed by atoms with E-state index < -0.39 is 0 Å². The molecule has 2 unspecified atom stereocenters. The summed E-state index contributed by atoms with van der Waals surface area (Å²) < 4.78 is 0. The van der Waals surface area contributed by atoms with Gasteiger partial charge in [-0.25, -0.2) is 15.0 Å². The van der Waals surface area contributed by atoms with Gasteiger partial charge in [-0.2, -0.15) is 0 Å². The number of carbonyl (C=O) groups excluding carboxylic acids is 2. The van der Waals surface area contributed by atoms with Crippen molar-refractivity contribution in [1.29, 1.82) is 0 Å². The Balaban J connectivity index is 1.76. The Kier molecular flexibility index (Phi) is 2.75. The number of quaternary nitrogens is 1. The maximum absolute atomic E-state index is 12.2. The molecule has 8 heteroatoms. The fourth-order valence-corrected chi connectivity index (χ4v) is 3.36. The van der Waals surface area contributed by atoms with Crippen LogP contribution in [0.3, 0.4) is 0 Å². The summed E-state index contributed by atoms with van der Waals surface area (Å²) in [4.78, 5) is 26.4. The number of amides is 2. The van der Waals surface area contributed by atoms with Gasteiger partial charge in [-0.1, -0.05) is 0 Å². The highest BCUT2D eigenvalue weighted by Gasteiger charge is 2.40. The molecule has 1 N–H and O–H groups in total. The van der Waals surface area contributed by atoms with Crippen LogP contribution in [-0.4, -0.2) is 47.5 Å². The number of nitrogens with zero attached hydrogens (tertiary/aromatic N) is 4. The summed E-state index contributed by atoms with van der Waals surface area (Å²) in [6.45, 7) is 0.194. The Morgan fingerprint density at radius 2 is 2.44 bits per heavy atom. The van der Waals surface area contributed by atoms with Crippen LogP contribution >= 0.6 is 11.8 Å². The highest BCUT2D eigenvalue weighted by molar-refractivity contribution is 8.03. The minimum Gasteiger partial charge on any atom is -0.377 e. The molecular formula is C10H13N5O2S. The molecule has 3 aliphatic heterocycles. The molecule has 2 atom stereocenters. The first-order chi connectivity index (χ1) is 8.66. The molecule has 1 saturated heterocycles. The van der Waals surface area contributed by atoms with Crippen molar-refractivity contribution in [3.63, 3.8) is 0 Å². The summed E-state index contributed by atoms with van der Waals surface area (Å²) in [6.07, 6.45) is 3.96. The van der Waals surface area contributed by atoms with E-state index in [1.807, 2.05) is 0 Å². The maximum atomic E-state index is 12.2. The van der Waals surface area contributed by atoms with Gasteiger partial charge in [0.1, 0.15) is 6.34 Å². The van der Waals surface area contributed by atoms with Crippen molar-refractivity contribution in [2.45, 2.75) is 6.42 Å². The Morgan fingerprint density at radius 1 is 1.61 bits per heavy atom. The fourth-order valence-electron chi connectivity index (χ4n) is 2.17. The van der Waals surface area contributed by atoms with Gasteiger partial charge >= 0.3 is 0 Å². The Bertz CT molecular complexity index is 463. The first kappa shape index (κ1) is 11.5. The standard InChI is InChI=1S/C10H13N5O2S/c1-13-5-11-12-15(13)6-14-9(16)4-8-7(10(14)17)2-3-18-8/h4-5,7,15H,2-3,6H2,1H3. The molecule has 3 aliphatic rings. The highest BCUT2D eigenvalue weighted by atomic mass is 32.2. The van der Waals surface area contributed by atoms with Crippen LogP contribution in [0.2, 0.25) is 0 Å². The first-order valence-corrected chi connectivity index (χ1v) is 6.68. The third kappa shape index (κ3) is 1.77. The van der Waals surface area contributed by atoms with Crippen molar-refractivity contribution in [2.24, 2.45) is 11.0 Å². The smallest absolute Gasteiger partial charge is 0.258 e. The predicted octanol–water partition coefficient (Wildman–Crippen LogP) is -1.07. The lowest BCUT2D eigenvalue weighted by Crippen LogP contribution is -3.14. The summed E-state index contributed by atoms with van der Waals surface area (Å²) >= 11 is 1.61. The second-order valence-electron chi connectivity index (χ2n) is 4.36. The molecule has 96 valence electrons. The van der Waals surface area contributed by atoms with E-state index in [9.17, 15) is 9.59 Å². The Labute approximate surface area is 108 Å². The van der Waals surface area contributed by atoms with Crippen molar-refractivity contribution < 1.29 is 14.7 Å². The third-order valence-electron chi connectivity index (χ3n) is 3.22. The van der Waals surface area contributed by atoms with Crippen LogP contribution in [0.15, 0.2) is 16.1 Å². The minimum atomic E-state index is -0.247. The molecule has 1 fully saturated rings. The molecule has 0 bridgehead atoms. The number of imide groups is 1. The molecule has 3 heterocycles.